The number of nitrogens with zero attached hydrogens (tertiary/aromatic N) is 3. The third-order valence-corrected chi connectivity index (χ3v) is 17.1. The summed E-state index contributed by atoms with van der Waals surface area (Å²) < 4.78 is 18.1. The number of carbonyl (C=O) groups excluding carboxylic acids is 6. The van der Waals surface area contributed by atoms with Gasteiger partial charge in [-0.05, 0) is 119 Å². The molecule has 6 aliphatic rings. The predicted molar refractivity (Wildman–Crippen MR) is 251 cm³/mol. The zero-order valence-corrected chi connectivity index (χ0v) is 42.9. The molecule has 0 bridgehead atoms. The number of amides is 3. The molecule has 0 spiro atoms. The fraction of sp³-hybridized carbons (Fsp3) is 0.824. The maximum atomic E-state index is 14.2. The first-order chi connectivity index (χ1) is 33.6. The van der Waals surface area contributed by atoms with Crippen LogP contribution in [0.2, 0.25) is 0 Å². The van der Waals surface area contributed by atoms with Crippen LogP contribution in [-0.2, 0) is 57.4 Å². The Morgan fingerprint density at radius 1 is 0.569 bits per heavy atom. The van der Waals surface area contributed by atoms with Gasteiger partial charge in [0, 0.05) is 37.4 Å². The van der Waals surface area contributed by atoms with E-state index in [4.69, 9.17) is 14.2 Å². The van der Waals surface area contributed by atoms with Crippen molar-refractivity contribution in [3.63, 3.8) is 0 Å². The van der Waals surface area contributed by atoms with E-state index in [1.54, 1.807) is 27.7 Å². The van der Waals surface area contributed by atoms with Gasteiger partial charge in [0.05, 0.1) is 18.3 Å². The van der Waals surface area contributed by atoms with Crippen LogP contribution < -0.4 is 0 Å². The number of ketones is 3. The Labute approximate surface area is 420 Å². The van der Waals surface area contributed by atoms with E-state index in [0.29, 0.717) is 51.4 Å². The van der Waals surface area contributed by atoms with Crippen LogP contribution in [0.4, 0.5) is 0 Å². The van der Waals surface area contributed by atoms with E-state index in [1.165, 1.54) is 0 Å². The van der Waals surface area contributed by atoms with Crippen molar-refractivity contribution in [2.45, 2.75) is 193 Å². The topological polar surface area (TPSA) is 312 Å². The lowest BCUT2D eigenvalue weighted by Crippen LogP contribution is -2.63. The molecule has 6 rings (SSSR count). The molecule has 21 heteroatoms. The second-order valence-electron chi connectivity index (χ2n) is 22.7. The standard InChI is InChI=1S/C51H77N3O18/c1-25(2)37-13-11-26(3)40(55)51(69,70-37)48(66)54-19-16-33(24-36(54)47(64)65)22-29(6)39-28(5)20-31(8)50(68,72-39)42(57)44(59)53-18-15-32(23-35(53)46(62)63)21-27(4)38-14-12-30(7)49(67,71-38)41(56)43(58)52-17-9-10-34(52)45(60)61/h25-39,67-69H,9-24H2,1-8H3,(H,60,61)(H,62,63)(H,64,65). The van der Waals surface area contributed by atoms with Crippen molar-refractivity contribution in [3.05, 3.63) is 0 Å². The van der Waals surface area contributed by atoms with Crippen molar-refractivity contribution < 1.29 is 88.0 Å². The van der Waals surface area contributed by atoms with Gasteiger partial charge in [-0.3, -0.25) is 28.8 Å². The van der Waals surface area contributed by atoms with E-state index >= 15 is 0 Å². The largest absolute Gasteiger partial charge is 0.480 e. The van der Waals surface area contributed by atoms with Gasteiger partial charge in [0.1, 0.15) is 18.1 Å². The number of ether oxygens (including phenoxy) is 3. The fourth-order valence-corrected chi connectivity index (χ4v) is 12.6. The molecule has 72 heavy (non-hydrogen) atoms. The third kappa shape index (κ3) is 11.2. The molecule has 21 nitrogen and oxygen atoms in total. The minimum atomic E-state index is -2.84. The summed E-state index contributed by atoms with van der Waals surface area (Å²) in [6.07, 6.45) is 1.31. The summed E-state index contributed by atoms with van der Waals surface area (Å²) in [4.78, 5) is 123. The number of aliphatic carboxylic acids is 3. The van der Waals surface area contributed by atoms with E-state index in [1.807, 2.05) is 27.7 Å². The maximum Gasteiger partial charge on any atom is 0.326 e. The first-order valence-electron chi connectivity index (χ1n) is 26.0. The minimum absolute atomic E-state index is 0.0332. The number of likely N-dealkylation sites (tertiary alicyclic amines) is 3. The normalized spacial score (nSPS) is 38.7. The van der Waals surface area contributed by atoms with Gasteiger partial charge < -0.3 is 59.5 Å². The van der Waals surface area contributed by atoms with Gasteiger partial charge in [-0.2, -0.15) is 0 Å². The number of carbonyl (C=O) groups is 9. The molecule has 6 N–H and O–H groups in total. The monoisotopic (exact) mass is 1020 g/mol. The van der Waals surface area contributed by atoms with Gasteiger partial charge in [-0.25, -0.2) is 14.4 Å². The Morgan fingerprint density at radius 3 is 1.62 bits per heavy atom. The number of carboxylic acid groups (broad SMARTS) is 3. The molecular formula is C51H77N3O18. The highest BCUT2D eigenvalue weighted by Crippen LogP contribution is 2.44. The molecule has 0 aliphatic carbocycles. The molecule has 6 heterocycles. The van der Waals surface area contributed by atoms with E-state index in [0.717, 1.165) is 14.7 Å². The Balaban J connectivity index is 1.07. The van der Waals surface area contributed by atoms with Crippen LogP contribution in [0.1, 0.15) is 139 Å². The number of aliphatic hydroxyl groups is 3. The lowest BCUT2D eigenvalue weighted by atomic mass is 9.75. The SMILES string of the molecule is CC1CCC(C(C)C)OC(O)(C(=O)N2CCC(CC(C)C3OC(O)(C(=O)C(=O)N4CCC(CC(C)C5CCC(C)C(O)(C(=O)C(=O)N6CCCC6C(=O)O)O5)CC4C(=O)O)C(C)CC3C)CC2C(=O)O)C1=O. The predicted octanol–water partition coefficient (Wildman–Crippen LogP) is 2.62. The highest BCUT2D eigenvalue weighted by molar-refractivity contribution is 6.39. The summed E-state index contributed by atoms with van der Waals surface area (Å²) in [7, 11) is 0. The van der Waals surface area contributed by atoms with Gasteiger partial charge >= 0.3 is 23.7 Å². The van der Waals surface area contributed by atoms with Crippen molar-refractivity contribution >= 4 is 53.0 Å². The molecule has 0 aromatic carbocycles. The first-order valence-corrected chi connectivity index (χ1v) is 26.0. The fourth-order valence-electron chi connectivity index (χ4n) is 12.6. The number of rotatable bonds is 15. The van der Waals surface area contributed by atoms with Crippen LogP contribution in [0.3, 0.4) is 0 Å². The summed E-state index contributed by atoms with van der Waals surface area (Å²) in [5, 5.41) is 65.5. The molecule has 0 aromatic heterocycles. The highest BCUT2D eigenvalue weighted by Gasteiger charge is 2.58. The third-order valence-electron chi connectivity index (χ3n) is 17.1. The van der Waals surface area contributed by atoms with Crippen LogP contribution in [0.15, 0.2) is 0 Å². The zero-order chi connectivity index (χ0) is 53.5. The van der Waals surface area contributed by atoms with Crippen molar-refractivity contribution in [3.8, 4) is 0 Å². The number of piperidine rings is 2. The van der Waals surface area contributed by atoms with E-state index in [2.05, 4.69) is 0 Å². The summed E-state index contributed by atoms with van der Waals surface area (Å²) in [6, 6.07) is -4.04. The second kappa shape index (κ2) is 22.2. The summed E-state index contributed by atoms with van der Waals surface area (Å²) in [5.41, 5.74) is 0. The van der Waals surface area contributed by atoms with Gasteiger partial charge in [0.2, 0.25) is 17.4 Å². The van der Waals surface area contributed by atoms with Crippen molar-refractivity contribution in [1.82, 2.24) is 14.7 Å². The van der Waals surface area contributed by atoms with E-state index in [-0.39, 0.29) is 81.3 Å². The van der Waals surface area contributed by atoms with Crippen LogP contribution in [-0.4, -0.2) is 172 Å². The molecule has 0 aromatic rings. The number of Topliss-reactive ketones (excluding diaryl/α,β-unsaturated/α-hetero) is 3. The van der Waals surface area contributed by atoms with Crippen molar-refractivity contribution in [2.24, 2.45) is 53.3 Å². The summed E-state index contributed by atoms with van der Waals surface area (Å²) >= 11 is 0. The molecule has 6 saturated heterocycles. The summed E-state index contributed by atoms with van der Waals surface area (Å²) in [6.45, 7) is 13.7. The van der Waals surface area contributed by atoms with Crippen LogP contribution in [0.5, 0.6) is 0 Å². The van der Waals surface area contributed by atoms with E-state index in [9.17, 15) is 73.8 Å². The molecule has 17 unspecified atom stereocenters. The Morgan fingerprint density at radius 2 is 1.07 bits per heavy atom. The van der Waals surface area contributed by atoms with Crippen molar-refractivity contribution in [1.29, 1.82) is 0 Å². The quantitative estimate of drug-likeness (QED) is 0.101. The number of hydrogen-bond acceptors (Lipinski definition) is 15. The van der Waals surface area contributed by atoms with Crippen LogP contribution in [0, 0.1) is 53.3 Å². The van der Waals surface area contributed by atoms with E-state index < -0.39 is 130 Å². The number of carboxylic acids is 3. The van der Waals surface area contributed by atoms with Crippen LogP contribution >= 0.6 is 0 Å². The molecule has 6 fully saturated rings. The number of hydrogen-bond donors (Lipinski definition) is 6. The van der Waals surface area contributed by atoms with Gasteiger partial charge in [0.15, 0.2) is 0 Å². The lowest BCUT2D eigenvalue weighted by molar-refractivity contribution is -0.282. The van der Waals surface area contributed by atoms with Gasteiger partial charge in [-0.1, -0.05) is 55.4 Å². The molecule has 3 amide bonds. The molecule has 0 radical (unpaired) electrons. The second-order valence-corrected chi connectivity index (χ2v) is 22.7. The average Bonchev–Trinajstić information content (AvgIpc) is 3.80. The Bertz CT molecular complexity index is 2120. The van der Waals surface area contributed by atoms with Gasteiger partial charge in [-0.15, -0.1) is 0 Å². The van der Waals surface area contributed by atoms with Crippen molar-refractivity contribution in [2.75, 3.05) is 19.6 Å². The smallest absolute Gasteiger partial charge is 0.326 e. The average molecular weight is 1020 g/mol. The lowest BCUT2D eigenvalue weighted by Gasteiger charge is -2.47. The zero-order valence-electron chi connectivity index (χ0n) is 42.9. The molecule has 17 atom stereocenters. The molecule has 404 valence electrons. The minimum Gasteiger partial charge on any atom is -0.480 e. The first kappa shape index (κ1) is 56.9. The van der Waals surface area contributed by atoms with Crippen LogP contribution in [0.25, 0.3) is 0 Å². The Hall–Kier alpha value is -4.41. The summed E-state index contributed by atoms with van der Waals surface area (Å²) in [5.74, 6) is -22.9. The maximum absolute atomic E-state index is 14.2. The molecule has 6 aliphatic heterocycles. The van der Waals surface area contributed by atoms with Gasteiger partial charge in [0.25, 0.3) is 29.3 Å². The molecular weight excluding hydrogens is 943 g/mol. The molecule has 0 saturated carbocycles. The Kier molecular flexibility index (Phi) is 17.5. The highest BCUT2D eigenvalue weighted by atomic mass is 16.7.